The number of carbonyl (C=O) groups is 2. The minimum absolute atomic E-state index is 0.0478. The Morgan fingerprint density at radius 3 is 2.69 bits per heavy atom. The van der Waals surface area contributed by atoms with Crippen LogP contribution in [0.15, 0.2) is 34.9 Å². The Balaban J connectivity index is 1.70. The highest BCUT2D eigenvalue weighted by Crippen LogP contribution is 2.46. The van der Waals surface area contributed by atoms with Crippen LogP contribution >= 0.6 is 11.8 Å². The fourth-order valence-electron chi connectivity index (χ4n) is 2.60. The Morgan fingerprint density at radius 2 is 2.12 bits per heavy atom. The summed E-state index contributed by atoms with van der Waals surface area (Å²) in [6, 6.07) is 5.68. The van der Waals surface area contributed by atoms with E-state index in [0.717, 1.165) is 0 Å². The number of β-lactam (4-membered cyclic amide) rings is 1. The first-order chi connectivity index (χ1) is 12.4. The van der Waals surface area contributed by atoms with Gasteiger partial charge in [-0.3, -0.25) is 19.8 Å². The van der Waals surface area contributed by atoms with Crippen LogP contribution in [0.3, 0.4) is 0 Å². The number of nitrogens with zero attached hydrogens (tertiary/aromatic N) is 2. The number of rotatable bonds is 7. The maximum Gasteiger partial charge on any atom is 0.356 e. The number of esters is 1. The largest absolute Gasteiger partial charge is 0.616 e. The predicted molar refractivity (Wildman–Crippen MR) is 96.3 cm³/mol. The van der Waals surface area contributed by atoms with Crippen LogP contribution in [-0.2, 0) is 32.1 Å². The molecule has 1 saturated heterocycles. The Hall–Kier alpha value is -2.04. The van der Waals surface area contributed by atoms with Gasteiger partial charge in [-0.2, -0.15) is 0 Å². The number of nitro benzene ring substituents is 1. The van der Waals surface area contributed by atoms with Gasteiger partial charge in [0.25, 0.3) is 5.69 Å². The van der Waals surface area contributed by atoms with Crippen molar-refractivity contribution in [2.75, 3.05) is 11.5 Å². The van der Waals surface area contributed by atoms with Crippen LogP contribution in [0.1, 0.15) is 18.9 Å². The van der Waals surface area contributed by atoms with Crippen molar-refractivity contribution in [1.29, 1.82) is 0 Å². The number of carbonyl (C=O) groups excluding carboxylic acids is 2. The van der Waals surface area contributed by atoms with Gasteiger partial charge in [-0.05, 0) is 35.8 Å². The summed E-state index contributed by atoms with van der Waals surface area (Å²) in [6.45, 7) is 1.73. The number of hydrogen-bond donors (Lipinski definition) is 0. The monoisotopic (exact) mass is 396 g/mol. The molecule has 0 saturated carbocycles. The zero-order valence-corrected chi connectivity index (χ0v) is 15.5. The van der Waals surface area contributed by atoms with E-state index >= 15 is 0 Å². The number of hydrogen-bond acceptors (Lipinski definition) is 7. The van der Waals surface area contributed by atoms with Crippen molar-refractivity contribution >= 4 is 40.5 Å². The summed E-state index contributed by atoms with van der Waals surface area (Å²) in [7, 11) is 0. The van der Waals surface area contributed by atoms with Crippen LogP contribution in [-0.4, -0.2) is 43.1 Å². The molecule has 2 heterocycles. The summed E-state index contributed by atoms with van der Waals surface area (Å²) in [5, 5.41) is 10.5. The van der Waals surface area contributed by atoms with Gasteiger partial charge < -0.3 is 9.29 Å². The number of nitro groups is 1. The van der Waals surface area contributed by atoms with E-state index in [1.807, 2.05) is 0 Å². The molecule has 0 bridgehead atoms. The molecule has 1 unspecified atom stereocenters. The van der Waals surface area contributed by atoms with Gasteiger partial charge in [-0.25, -0.2) is 4.79 Å². The third-order valence-electron chi connectivity index (χ3n) is 4.01. The zero-order chi connectivity index (χ0) is 18.8. The van der Waals surface area contributed by atoms with Gasteiger partial charge in [-0.15, -0.1) is 0 Å². The van der Waals surface area contributed by atoms with Crippen molar-refractivity contribution in [3.05, 3.63) is 50.5 Å². The van der Waals surface area contributed by atoms with Gasteiger partial charge in [0.1, 0.15) is 23.8 Å². The highest BCUT2D eigenvalue weighted by atomic mass is 32.2. The molecular formula is C16H16N2O6S2. The molecule has 138 valence electrons. The number of ether oxygens (including phenoxy) is 1. The normalized spacial score (nSPS) is 19.8. The van der Waals surface area contributed by atoms with E-state index in [1.54, 1.807) is 6.92 Å². The smallest absolute Gasteiger partial charge is 0.356 e. The number of amides is 1. The molecule has 8 nitrogen and oxygen atoms in total. The summed E-state index contributed by atoms with van der Waals surface area (Å²) in [4.78, 5) is 36.5. The van der Waals surface area contributed by atoms with Crippen molar-refractivity contribution in [2.45, 2.75) is 25.3 Å². The maximum absolute atomic E-state index is 12.5. The van der Waals surface area contributed by atoms with E-state index in [2.05, 4.69) is 0 Å². The number of non-ortho nitro benzene ring substituents is 1. The third kappa shape index (κ3) is 3.71. The van der Waals surface area contributed by atoms with Crippen molar-refractivity contribution in [3.8, 4) is 0 Å². The van der Waals surface area contributed by atoms with Gasteiger partial charge in [0.05, 0.1) is 21.6 Å². The second-order valence-corrected chi connectivity index (χ2v) is 8.70. The van der Waals surface area contributed by atoms with Gasteiger partial charge in [0.15, 0.2) is 0 Å². The van der Waals surface area contributed by atoms with Crippen LogP contribution < -0.4 is 0 Å². The van der Waals surface area contributed by atoms with Gasteiger partial charge in [0.2, 0.25) is 5.91 Å². The zero-order valence-electron chi connectivity index (χ0n) is 13.9. The molecule has 0 aromatic heterocycles. The molecule has 2 aliphatic rings. The lowest BCUT2D eigenvalue weighted by atomic mass is 10.1. The lowest BCUT2D eigenvalue weighted by Gasteiger charge is -2.34. The van der Waals surface area contributed by atoms with Crippen LogP contribution in [0.5, 0.6) is 0 Å². The summed E-state index contributed by atoms with van der Waals surface area (Å²) in [6.07, 6.45) is 0.353. The van der Waals surface area contributed by atoms with Crippen LogP contribution in [0.25, 0.3) is 0 Å². The molecule has 1 fully saturated rings. The minimum atomic E-state index is -1.10. The minimum Gasteiger partial charge on any atom is -0.616 e. The second kappa shape index (κ2) is 7.68. The number of fused-ring (bicyclic) bond motifs is 1. The van der Waals surface area contributed by atoms with Crippen molar-refractivity contribution in [1.82, 2.24) is 4.90 Å². The molecule has 26 heavy (non-hydrogen) atoms. The van der Waals surface area contributed by atoms with E-state index in [-0.39, 0.29) is 35.0 Å². The summed E-state index contributed by atoms with van der Waals surface area (Å²) in [5.41, 5.74) is 0.730. The van der Waals surface area contributed by atoms with Gasteiger partial charge >= 0.3 is 5.97 Å². The maximum atomic E-state index is 12.5. The van der Waals surface area contributed by atoms with E-state index in [4.69, 9.17) is 4.74 Å². The molecule has 10 heteroatoms. The summed E-state index contributed by atoms with van der Waals surface area (Å²) >= 11 is 0.284. The van der Waals surface area contributed by atoms with Crippen molar-refractivity contribution < 1.29 is 23.8 Å². The number of thioether (sulfide) groups is 1. The quantitative estimate of drug-likeness (QED) is 0.227. The molecule has 2 atom stereocenters. The van der Waals surface area contributed by atoms with Crippen molar-refractivity contribution in [2.24, 2.45) is 0 Å². The SMILES string of the molecule is CC[S+]([O-])CC1=C(C(=O)OCc2ccc([N+](=O)[O-])cc2)N2C(=O)C[C@H]2S1. The standard InChI is InChI=1S/C16H16N2O6S2/c1-2-26(23)9-12-15(17-13(19)7-14(17)25-12)16(20)24-8-10-3-5-11(6-4-10)18(21)22/h3-6,14H,2,7-9H2,1H3/t14-,26?/m1/s1. The predicted octanol–water partition coefficient (Wildman–Crippen LogP) is 1.92. The average Bonchev–Trinajstić information content (AvgIpc) is 2.91. The van der Waals surface area contributed by atoms with E-state index in [0.29, 0.717) is 22.6 Å². The molecule has 0 N–H and O–H groups in total. The molecule has 0 aliphatic carbocycles. The second-order valence-electron chi connectivity index (χ2n) is 5.68. The first-order valence-electron chi connectivity index (χ1n) is 7.88. The lowest BCUT2D eigenvalue weighted by molar-refractivity contribution is -0.384. The summed E-state index contributed by atoms with van der Waals surface area (Å²) < 4.78 is 17.2. The Labute approximate surface area is 156 Å². The Bertz CT molecular complexity index is 779. The number of benzene rings is 1. The molecule has 0 radical (unpaired) electrons. The van der Waals surface area contributed by atoms with E-state index < -0.39 is 22.1 Å². The molecule has 0 spiro atoms. The molecule has 1 aromatic rings. The Kier molecular flexibility index (Phi) is 5.54. The highest BCUT2D eigenvalue weighted by Gasteiger charge is 2.49. The third-order valence-corrected chi connectivity index (χ3v) is 6.72. The highest BCUT2D eigenvalue weighted by molar-refractivity contribution is 8.05. The topological polar surface area (TPSA) is 113 Å². The first-order valence-corrected chi connectivity index (χ1v) is 10.2. The summed E-state index contributed by atoms with van der Waals surface area (Å²) in [5.74, 6) is -0.103. The molecule has 3 rings (SSSR count). The fraction of sp³-hybridized carbons (Fsp3) is 0.375. The van der Waals surface area contributed by atoms with E-state index in [9.17, 15) is 24.3 Å². The van der Waals surface area contributed by atoms with Crippen LogP contribution in [0.4, 0.5) is 5.69 Å². The molecular weight excluding hydrogens is 380 g/mol. The van der Waals surface area contributed by atoms with E-state index in [1.165, 1.54) is 40.9 Å². The van der Waals surface area contributed by atoms with Gasteiger partial charge in [-0.1, -0.05) is 11.8 Å². The molecule has 2 aliphatic heterocycles. The van der Waals surface area contributed by atoms with Crippen LogP contribution in [0.2, 0.25) is 0 Å². The lowest BCUT2D eigenvalue weighted by Crippen LogP contribution is -2.48. The average molecular weight is 396 g/mol. The van der Waals surface area contributed by atoms with Crippen LogP contribution in [0, 0.1) is 10.1 Å². The Morgan fingerprint density at radius 1 is 1.42 bits per heavy atom. The molecule has 1 aromatic carbocycles. The first kappa shape index (κ1) is 18.7. The van der Waals surface area contributed by atoms with Crippen molar-refractivity contribution in [3.63, 3.8) is 0 Å². The van der Waals surface area contributed by atoms with Gasteiger partial charge in [0, 0.05) is 12.1 Å². The molecule has 1 amide bonds. The fourth-order valence-corrected chi connectivity index (χ4v) is 5.07.